The Morgan fingerprint density at radius 2 is 1.38 bits per heavy atom. The minimum Gasteiger partial charge on any atom is -0.435 e. The summed E-state index contributed by atoms with van der Waals surface area (Å²) in [5, 5.41) is 0. The molecule has 0 radical (unpaired) electrons. The number of alkyl halides is 2. The number of halogens is 2. The monoisotopic (exact) mass is 404 g/mol. The highest BCUT2D eigenvalue weighted by Crippen LogP contribution is 2.51. The molecule has 1 aromatic carbocycles. The third-order valence-corrected chi connectivity index (χ3v) is 8.49. The van der Waals surface area contributed by atoms with Crippen LogP contribution in [0.15, 0.2) is 24.3 Å². The van der Waals surface area contributed by atoms with Crippen molar-refractivity contribution < 1.29 is 13.5 Å². The highest BCUT2D eigenvalue weighted by atomic mass is 19.3. The van der Waals surface area contributed by atoms with Crippen molar-refractivity contribution in [1.82, 2.24) is 0 Å². The van der Waals surface area contributed by atoms with E-state index < -0.39 is 6.61 Å². The van der Waals surface area contributed by atoms with Gasteiger partial charge in [-0.1, -0.05) is 44.7 Å². The fourth-order valence-electron chi connectivity index (χ4n) is 6.93. The van der Waals surface area contributed by atoms with Crippen LogP contribution < -0.4 is 4.74 Å². The Bertz CT molecular complexity index is 620. The van der Waals surface area contributed by atoms with Crippen molar-refractivity contribution in [3.63, 3.8) is 0 Å². The van der Waals surface area contributed by atoms with Gasteiger partial charge in [-0.05, 0) is 105 Å². The molecule has 0 bridgehead atoms. The lowest BCUT2D eigenvalue weighted by molar-refractivity contribution is -0.0498. The Kier molecular flexibility index (Phi) is 7.13. The van der Waals surface area contributed by atoms with E-state index >= 15 is 0 Å². The Balaban J connectivity index is 1.27. The minimum absolute atomic E-state index is 0.270. The lowest BCUT2D eigenvalue weighted by atomic mass is 9.60. The van der Waals surface area contributed by atoms with Crippen LogP contribution in [0.2, 0.25) is 0 Å². The predicted octanol–water partition coefficient (Wildman–Crippen LogP) is 8.19. The summed E-state index contributed by atoms with van der Waals surface area (Å²) in [4.78, 5) is 0. The summed E-state index contributed by atoms with van der Waals surface area (Å²) in [5.41, 5.74) is 1.31. The first-order valence-electron chi connectivity index (χ1n) is 12.2. The van der Waals surface area contributed by atoms with Crippen LogP contribution in [0.4, 0.5) is 8.78 Å². The minimum atomic E-state index is -2.74. The molecule has 0 aliphatic heterocycles. The van der Waals surface area contributed by atoms with Crippen molar-refractivity contribution in [3.05, 3.63) is 29.8 Å². The van der Waals surface area contributed by atoms with E-state index in [4.69, 9.17) is 0 Å². The molecule has 4 atom stereocenters. The fourth-order valence-corrected chi connectivity index (χ4v) is 6.93. The van der Waals surface area contributed by atoms with Crippen molar-refractivity contribution in [3.8, 4) is 5.75 Å². The third-order valence-electron chi connectivity index (χ3n) is 8.49. The SMILES string of the molecule is CCC[C@H]1CC[C@H]([C@@H]2CC[C@@H]3C[C@H](c4ccc(OC(F)F)cc4)CC[C@@H]3C2)CC1. The number of hydrogen-bond donors (Lipinski definition) is 0. The van der Waals surface area contributed by atoms with Gasteiger partial charge in [0.2, 0.25) is 0 Å². The molecule has 0 N–H and O–H groups in total. The van der Waals surface area contributed by atoms with Gasteiger partial charge in [0.05, 0.1) is 0 Å². The van der Waals surface area contributed by atoms with Gasteiger partial charge in [0.1, 0.15) is 5.75 Å². The van der Waals surface area contributed by atoms with Crippen molar-refractivity contribution in [2.24, 2.45) is 29.6 Å². The Morgan fingerprint density at radius 1 is 0.793 bits per heavy atom. The van der Waals surface area contributed by atoms with Crippen molar-refractivity contribution in [1.29, 1.82) is 0 Å². The molecule has 1 nitrogen and oxygen atoms in total. The molecule has 1 aromatic rings. The van der Waals surface area contributed by atoms with Gasteiger partial charge < -0.3 is 4.74 Å². The van der Waals surface area contributed by atoms with E-state index in [9.17, 15) is 8.78 Å². The zero-order chi connectivity index (χ0) is 20.2. The van der Waals surface area contributed by atoms with E-state index in [1.54, 1.807) is 12.1 Å². The van der Waals surface area contributed by atoms with Crippen molar-refractivity contribution in [2.45, 2.75) is 96.5 Å². The van der Waals surface area contributed by atoms with Crippen LogP contribution in [0.1, 0.15) is 95.5 Å². The van der Waals surface area contributed by atoms with Gasteiger partial charge in [-0.3, -0.25) is 0 Å². The summed E-state index contributed by atoms with van der Waals surface area (Å²) in [6.45, 7) is -0.414. The molecule has 3 aliphatic rings. The van der Waals surface area contributed by atoms with Crippen LogP contribution in [-0.2, 0) is 0 Å². The summed E-state index contributed by atoms with van der Waals surface area (Å²) in [7, 11) is 0. The van der Waals surface area contributed by atoms with E-state index in [1.807, 2.05) is 12.1 Å². The topological polar surface area (TPSA) is 9.23 Å². The number of hydrogen-bond acceptors (Lipinski definition) is 1. The van der Waals surface area contributed by atoms with Gasteiger partial charge in [0.25, 0.3) is 0 Å². The van der Waals surface area contributed by atoms with Crippen molar-refractivity contribution >= 4 is 0 Å². The van der Waals surface area contributed by atoms with Gasteiger partial charge >= 0.3 is 6.61 Å². The van der Waals surface area contributed by atoms with Crippen LogP contribution in [0.25, 0.3) is 0 Å². The lowest BCUT2D eigenvalue weighted by Crippen LogP contribution is -2.34. The number of rotatable bonds is 6. The number of ether oxygens (including phenoxy) is 1. The molecule has 3 heteroatoms. The quantitative estimate of drug-likeness (QED) is 0.464. The molecule has 162 valence electrons. The Labute approximate surface area is 175 Å². The zero-order valence-electron chi connectivity index (χ0n) is 18.0. The number of fused-ring (bicyclic) bond motifs is 1. The molecule has 0 saturated heterocycles. The van der Waals surface area contributed by atoms with E-state index in [-0.39, 0.29) is 5.75 Å². The highest BCUT2D eigenvalue weighted by Gasteiger charge is 2.39. The number of benzene rings is 1. The molecule has 29 heavy (non-hydrogen) atoms. The Hall–Kier alpha value is -1.12. The van der Waals surface area contributed by atoms with Gasteiger partial charge in [0, 0.05) is 0 Å². The van der Waals surface area contributed by atoms with Gasteiger partial charge in [-0.2, -0.15) is 8.78 Å². The average Bonchev–Trinajstić information content (AvgIpc) is 2.74. The zero-order valence-corrected chi connectivity index (χ0v) is 18.0. The Morgan fingerprint density at radius 3 is 2.03 bits per heavy atom. The summed E-state index contributed by atoms with van der Waals surface area (Å²) in [6.07, 6.45) is 17.0. The van der Waals surface area contributed by atoms with Crippen LogP contribution in [0.5, 0.6) is 5.75 Å². The first-order valence-corrected chi connectivity index (χ1v) is 12.2. The maximum atomic E-state index is 12.4. The van der Waals surface area contributed by atoms with Crippen molar-refractivity contribution in [2.75, 3.05) is 0 Å². The third kappa shape index (κ3) is 5.33. The maximum absolute atomic E-state index is 12.4. The van der Waals surface area contributed by atoms with Gasteiger partial charge in [-0.15, -0.1) is 0 Å². The predicted molar refractivity (Wildman–Crippen MR) is 114 cm³/mol. The normalized spacial score (nSPS) is 35.3. The van der Waals surface area contributed by atoms with Gasteiger partial charge in [-0.25, -0.2) is 0 Å². The smallest absolute Gasteiger partial charge is 0.387 e. The molecule has 0 amide bonds. The standard InChI is InChI=1S/C26H38F2O/c1-2-3-18-4-6-19(7-5-18)21-8-10-24-17-22(9-11-23(24)16-21)20-12-14-25(15-13-20)29-26(27)28/h12-15,18-19,21-24,26H,2-11,16-17H2,1H3/t18-,19-,21-,22-,23-,24-/m1/s1. The fraction of sp³-hybridized carbons (Fsp3) is 0.769. The average molecular weight is 405 g/mol. The maximum Gasteiger partial charge on any atom is 0.387 e. The summed E-state index contributed by atoms with van der Waals surface area (Å²) >= 11 is 0. The summed E-state index contributed by atoms with van der Waals surface area (Å²) in [6, 6.07) is 7.42. The second-order valence-electron chi connectivity index (χ2n) is 10.1. The second-order valence-corrected chi connectivity index (χ2v) is 10.1. The van der Waals surface area contributed by atoms with E-state index in [1.165, 1.54) is 82.6 Å². The highest BCUT2D eigenvalue weighted by molar-refractivity contribution is 5.30. The molecule has 3 saturated carbocycles. The second kappa shape index (κ2) is 9.79. The molecule has 4 rings (SSSR count). The largest absolute Gasteiger partial charge is 0.435 e. The first kappa shape index (κ1) is 21.1. The van der Waals surface area contributed by atoms with Crippen LogP contribution in [0.3, 0.4) is 0 Å². The van der Waals surface area contributed by atoms with Crippen LogP contribution in [-0.4, -0.2) is 6.61 Å². The summed E-state index contributed by atoms with van der Waals surface area (Å²) < 4.78 is 29.2. The van der Waals surface area contributed by atoms with Gasteiger partial charge in [0.15, 0.2) is 0 Å². The van der Waals surface area contributed by atoms with Crippen LogP contribution in [0, 0.1) is 29.6 Å². The summed E-state index contributed by atoms with van der Waals surface area (Å²) in [5.74, 6) is 5.67. The molecule has 3 aliphatic carbocycles. The van der Waals surface area contributed by atoms with E-state index in [0.717, 1.165) is 29.6 Å². The molecule has 0 unspecified atom stereocenters. The molecule has 3 fully saturated rings. The van der Waals surface area contributed by atoms with E-state index in [0.29, 0.717) is 5.92 Å². The molecule has 0 heterocycles. The first-order chi connectivity index (χ1) is 14.1. The molecular weight excluding hydrogens is 366 g/mol. The lowest BCUT2D eigenvalue weighted by Gasteiger charge is -2.45. The molecule has 0 aromatic heterocycles. The molecular formula is C26H38F2O. The van der Waals surface area contributed by atoms with Crippen LogP contribution >= 0.6 is 0 Å². The van der Waals surface area contributed by atoms with E-state index in [2.05, 4.69) is 11.7 Å². The molecule has 0 spiro atoms.